The molecule has 0 aliphatic rings. The molecule has 1 nitrogen and oxygen atoms in total. The van der Waals surface area contributed by atoms with Gasteiger partial charge in [-0.25, -0.2) is 0 Å². The molecule has 1 aromatic carbocycles. The normalized spacial score (nSPS) is 10.6. The van der Waals surface area contributed by atoms with Crippen LogP contribution in [0.2, 0.25) is 0 Å². The number of nitrogens with two attached hydrogens (primary N) is 1. The van der Waals surface area contributed by atoms with Crippen molar-refractivity contribution in [1.82, 2.24) is 0 Å². The fourth-order valence-corrected chi connectivity index (χ4v) is 4.09. The van der Waals surface area contributed by atoms with E-state index in [1.54, 1.807) is 34.9 Å². The summed E-state index contributed by atoms with van der Waals surface area (Å²) in [7, 11) is 0. The van der Waals surface area contributed by atoms with Crippen LogP contribution in [0.1, 0.15) is 5.56 Å². The van der Waals surface area contributed by atoms with Crippen molar-refractivity contribution < 1.29 is 0 Å². The van der Waals surface area contributed by atoms with E-state index in [4.69, 9.17) is 5.73 Å². The summed E-state index contributed by atoms with van der Waals surface area (Å²) in [6, 6.07) is 10.6. The van der Waals surface area contributed by atoms with Crippen molar-refractivity contribution in [3.8, 4) is 0 Å². The molecule has 0 radical (unpaired) electrons. The Morgan fingerprint density at radius 2 is 2.00 bits per heavy atom. The van der Waals surface area contributed by atoms with Gasteiger partial charge in [0, 0.05) is 16.3 Å². The van der Waals surface area contributed by atoms with E-state index in [9.17, 15) is 0 Å². The van der Waals surface area contributed by atoms with Crippen LogP contribution in [0.4, 0.5) is 0 Å². The molecule has 0 fully saturated rings. The van der Waals surface area contributed by atoms with E-state index < -0.39 is 0 Å². The molecule has 0 amide bonds. The standard InChI is InChI=1S/C12H13NS3/c1-14-10-4-2-5-11(9(10)8-13)16-12-6-3-7-15-12/h2-7H,8,13H2,1H3. The van der Waals surface area contributed by atoms with Gasteiger partial charge in [-0.15, -0.1) is 23.1 Å². The van der Waals surface area contributed by atoms with Crippen LogP contribution >= 0.6 is 34.9 Å². The Bertz CT molecular complexity index is 451. The van der Waals surface area contributed by atoms with E-state index in [1.807, 2.05) is 0 Å². The second-order valence-electron chi connectivity index (χ2n) is 3.18. The van der Waals surface area contributed by atoms with Crippen LogP contribution in [-0.2, 0) is 6.54 Å². The largest absolute Gasteiger partial charge is 0.326 e. The average Bonchev–Trinajstić information content (AvgIpc) is 2.81. The molecular weight excluding hydrogens is 254 g/mol. The predicted octanol–water partition coefficient (Wildman–Crippen LogP) is 4.08. The Morgan fingerprint density at radius 3 is 2.62 bits per heavy atom. The Balaban J connectivity index is 2.33. The number of hydrogen-bond acceptors (Lipinski definition) is 4. The zero-order valence-corrected chi connectivity index (χ0v) is 11.4. The summed E-state index contributed by atoms with van der Waals surface area (Å²) < 4.78 is 1.31. The molecular formula is C12H13NS3. The maximum absolute atomic E-state index is 5.83. The van der Waals surface area contributed by atoms with E-state index in [0.29, 0.717) is 6.54 Å². The third-order valence-corrected chi connectivity index (χ3v) is 5.18. The third kappa shape index (κ3) is 2.63. The molecule has 0 aliphatic heterocycles. The maximum atomic E-state index is 5.83. The third-order valence-electron chi connectivity index (χ3n) is 2.22. The highest BCUT2D eigenvalue weighted by Gasteiger charge is 2.07. The average molecular weight is 267 g/mol. The van der Waals surface area contributed by atoms with Gasteiger partial charge in [0.2, 0.25) is 0 Å². The first kappa shape index (κ1) is 12.0. The van der Waals surface area contributed by atoms with Gasteiger partial charge < -0.3 is 5.73 Å². The van der Waals surface area contributed by atoms with Crippen LogP contribution in [0.25, 0.3) is 0 Å². The minimum absolute atomic E-state index is 0.602. The van der Waals surface area contributed by atoms with Crippen molar-refractivity contribution in [2.45, 2.75) is 20.5 Å². The Hall–Kier alpha value is -0.420. The van der Waals surface area contributed by atoms with Gasteiger partial charge in [0.15, 0.2) is 0 Å². The van der Waals surface area contributed by atoms with Crippen molar-refractivity contribution in [2.75, 3.05) is 6.26 Å². The quantitative estimate of drug-likeness (QED) is 0.845. The molecule has 0 aliphatic carbocycles. The lowest BCUT2D eigenvalue weighted by Gasteiger charge is -2.10. The highest BCUT2D eigenvalue weighted by atomic mass is 32.2. The van der Waals surface area contributed by atoms with Crippen molar-refractivity contribution in [1.29, 1.82) is 0 Å². The lowest BCUT2D eigenvalue weighted by molar-refractivity contribution is 0.981. The predicted molar refractivity (Wildman–Crippen MR) is 74.6 cm³/mol. The van der Waals surface area contributed by atoms with E-state index in [-0.39, 0.29) is 0 Å². The van der Waals surface area contributed by atoms with Gasteiger partial charge in [-0.1, -0.05) is 23.9 Å². The molecule has 0 bridgehead atoms. The molecule has 2 N–H and O–H groups in total. The minimum atomic E-state index is 0.602. The summed E-state index contributed by atoms with van der Waals surface area (Å²) in [5, 5.41) is 2.10. The molecule has 4 heteroatoms. The zero-order chi connectivity index (χ0) is 11.4. The lowest BCUT2D eigenvalue weighted by Crippen LogP contribution is -2.00. The highest BCUT2D eigenvalue weighted by molar-refractivity contribution is 8.01. The van der Waals surface area contributed by atoms with Crippen LogP contribution in [0.5, 0.6) is 0 Å². The van der Waals surface area contributed by atoms with E-state index in [0.717, 1.165) is 0 Å². The molecule has 0 unspecified atom stereocenters. The monoisotopic (exact) mass is 267 g/mol. The van der Waals surface area contributed by atoms with E-state index in [2.05, 4.69) is 42.0 Å². The molecule has 2 aromatic rings. The fraction of sp³-hybridized carbons (Fsp3) is 0.167. The van der Waals surface area contributed by atoms with E-state index >= 15 is 0 Å². The van der Waals surface area contributed by atoms with Gasteiger partial charge in [0.1, 0.15) is 0 Å². The van der Waals surface area contributed by atoms with Crippen molar-refractivity contribution in [3.05, 3.63) is 41.3 Å². The molecule has 1 heterocycles. The topological polar surface area (TPSA) is 26.0 Å². The minimum Gasteiger partial charge on any atom is -0.326 e. The number of thioether (sulfide) groups is 1. The summed E-state index contributed by atoms with van der Waals surface area (Å²) in [5.74, 6) is 0. The summed E-state index contributed by atoms with van der Waals surface area (Å²) in [4.78, 5) is 2.56. The maximum Gasteiger partial charge on any atom is 0.0646 e. The van der Waals surface area contributed by atoms with Crippen LogP contribution < -0.4 is 5.73 Å². The second-order valence-corrected chi connectivity index (χ2v) is 6.31. The van der Waals surface area contributed by atoms with Gasteiger partial charge in [0.25, 0.3) is 0 Å². The molecule has 84 valence electrons. The zero-order valence-electron chi connectivity index (χ0n) is 8.97. The number of thiophene rings is 1. The first-order valence-electron chi connectivity index (χ1n) is 4.92. The Morgan fingerprint density at radius 1 is 1.19 bits per heavy atom. The summed E-state index contributed by atoms with van der Waals surface area (Å²) in [5.41, 5.74) is 7.09. The van der Waals surface area contributed by atoms with E-state index in [1.165, 1.54) is 19.6 Å². The van der Waals surface area contributed by atoms with Gasteiger partial charge >= 0.3 is 0 Å². The molecule has 0 saturated carbocycles. The molecule has 1 aromatic heterocycles. The molecule has 0 saturated heterocycles. The van der Waals surface area contributed by atoms with Crippen molar-refractivity contribution in [2.24, 2.45) is 5.73 Å². The second kappa shape index (κ2) is 5.77. The number of benzene rings is 1. The first-order chi connectivity index (χ1) is 7.85. The van der Waals surface area contributed by atoms with Gasteiger partial charge in [-0.3, -0.25) is 0 Å². The lowest BCUT2D eigenvalue weighted by atomic mass is 10.2. The first-order valence-corrected chi connectivity index (χ1v) is 7.84. The summed E-state index contributed by atoms with van der Waals surface area (Å²) >= 11 is 5.32. The van der Waals surface area contributed by atoms with Crippen molar-refractivity contribution in [3.63, 3.8) is 0 Å². The molecule has 0 atom stereocenters. The Kier molecular flexibility index (Phi) is 4.35. The summed E-state index contributed by atoms with van der Waals surface area (Å²) in [6.45, 7) is 0.602. The van der Waals surface area contributed by atoms with Crippen LogP contribution in [-0.4, -0.2) is 6.26 Å². The van der Waals surface area contributed by atoms with Crippen LogP contribution in [0.15, 0.2) is 49.7 Å². The molecule has 2 rings (SSSR count). The SMILES string of the molecule is CSc1cccc(Sc2cccs2)c1CN. The highest BCUT2D eigenvalue weighted by Crippen LogP contribution is 2.36. The Labute approximate surface area is 108 Å². The number of rotatable bonds is 4. The van der Waals surface area contributed by atoms with Gasteiger partial charge in [-0.2, -0.15) is 0 Å². The van der Waals surface area contributed by atoms with Crippen molar-refractivity contribution >= 4 is 34.9 Å². The summed E-state index contributed by atoms with van der Waals surface area (Å²) in [6.07, 6.45) is 2.09. The van der Waals surface area contributed by atoms with Crippen LogP contribution in [0.3, 0.4) is 0 Å². The number of hydrogen-bond donors (Lipinski definition) is 1. The molecule has 0 spiro atoms. The van der Waals surface area contributed by atoms with Gasteiger partial charge in [-0.05, 0) is 35.4 Å². The fourth-order valence-electron chi connectivity index (χ4n) is 1.46. The van der Waals surface area contributed by atoms with Crippen LogP contribution in [0, 0.1) is 0 Å². The smallest absolute Gasteiger partial charge is 0.0646 e. The van der Waals surface area contributed by atoms with Gasteiger partial charge in [0.05, 0.1) is 4.21 Å². The molecule has 16 heavy (non-hydrogen) atoms.